The van der Waals surface area contributed by atoms with Crippen LogP contribution in [0.2, 0.25) is 5.02 Å². The topological polar surface area (TPSA) is 78.9 Å². The van der Waals surface area contributed by atoms with Gasteiger partial charge in [0.2, 0.25) is 0 Å². The van der Waals surface area contributed by atoms with Crippen molar-refractivity contribution in [1.29, 1.82) is 5.26 Å². The number of alkyl halides is 3. The maximum Gasteiger partial charge on any atom is 0.417 e. The minimum absolute atomic E-state index is 0.0184. The van der Waals surface area contributed by atoms with E-state index in [1.165, 1.54) is 6.20 Å². The van der Waals surface area contributed by atoms with E-state index in [0.29, 0.717) is 11.4 Å². The van der Waals surface area contributed by atoms with Gasteiger partial charge < -0.3 is 5.32 Å². The molecule has 0 aromatic carbocycles. The molecule has 0 aliphatic heterocycles. The van der Waals surface area contributed by atoms with Crippen molar-refractivity contribution in [3.63, 3.8) is 0 Å². The fourth-order valence-corrected chi connectivity index (χ4v) is 2.32. The Bertz CT molecular complexity index is 944. The first kappa shape index (κ1) is 16.0. The molecular formula is C14H8ClF3N6. The van der Waals surface area contributed by atoms with Gasteiger partial charge in [-0.15, -0.1) is 10.2 Å². The van der Waals surface area contributed by atoms with E-state index in [1.54, 1.807) is 12.1 Å². The van der Waals surface area contributed by atoms with Crippen molar-refractivity contribution in [3.05, 3.63) is 52.6 Å². The first-order valence-corrected chi connectivity index (χ1v) is 6.97. The second kappa shape index (κ2) is 5.98. The first-order valence-electron chi connectivity index (χ1n) is 6.59. The monoisotopic (exact) mass is 352 g/mol. The highest BCUT2D eigenvalue weighted by Gasteiger charge is 2.32. The highest BCUT2D eigenvalue weighted by atomic mass is 35.5. The third-order valence-electron chi connectivity index (χ3n) is 3.20. The summed E-state index contributed by atoms with van der Waals surface area (Å²) in [6.07, 6.45) is -2.17. The number of anilines is 1. The van der Waals surface area contributed by atoms with Crippen LogP contribution < -0.4 is 5.32 Å². The molecule has 0 spiro atoms. The van der Waals surface area contributed by atoms with E-state index >= 15 is 0 Å². The average molecular weight is 353 g/mol. The van der Waals surface area contributed by atoms with Crippen LogP contribution >= 0.6 is 11.6 Å². The molecule has 122 valence electrons. The van der Waals surface area contributed by atoms with Crippen LogP contribution in [0.15, 0.2) is 30.6 Å². The minimum Gasteiger partial charge on any atom is -0.362 e. The standard InChI is InChI=1S/C14H8ClF3N6/c15-10-4-9(14(16,17)18)7-24-11(22-23-13(10)24)6-21-12-8(5-19)2-1-3-20-12/h1-4,7H,6H2,(H,20,21). The van der Waals surface area contributed by atoms with Crippen LogP contribution in [0.1, 0.15) is 17.0 Å². The normalized spacial score (nSPS) is 11.5. The van der Waals surface area contributed by atoms with Gasteiger partial charge in [-0.1, -0.05) is 11.6 Å². The Morgan fingerprint density at radius 1 is 1.33 bits per heavy atom. The number of halogens is 4. The zero-order valence-electron chi connectivity index (χ0n) is 11.8. The van der Waals surface area contributed by atoms with E-state index in [9.17, 15) is 13.2 Å². The Balaban J connectivity index is 1.96. The summed E-state index contributed by atoms with van der Waals surface area (Å²) in [7, 11) is 0. The molecule has 0 unspecified atom stereocenters. The van der Waals surface area contributed by atoms with Crippen LogP contribution in [0, 0.1) is 11.3 Å². The largest absolute Gasteiger partial charge is 0.417 e. The predicted molar refractivity (Wildman–Crippen MR) is 79.3 cm³/mol. The maximum absolute atomic E-state index is 12.9. The molecule has 3 heterocycles. The number of nitrogens with one attached hydrogen (secondary N) is 1. The third kappa shape index (κ3) is 2.96. The Kier molecular flexibility index (Phi) is 3.99. The molecule has 6 nitrogen and oxygen atoms in total. The highest BCUT2D eigenvalue weighted by molar-refractivity contribution is 6.33. The number of nitriles is 1. The van der Waals surface area contributed by atoms with Crippen LogP contribution in [0.4, 0.5) is 19.0 Å². The molecule has 24 heavy (non-hydrogen) atoms. The average Bonchev–Trinajstić information content (AvgIpc) is 2.96. The Hall–Kier alpha value is -2.86. The Morgan fingerprint density at radius 3 is 2.83 bits per heavy atom. The van der Waals surface area contributed by atoms with Crippen molar-refractivity contribution in [3.8, 4) is 6.07 Å². The molecule has 0 saturated heterocycles. The van der Waals surface area contributed by atoms with Gasteiger partial charge in [-0.25, -0.2) is 4.98 Å². The van der Waals surface area contributed by atoms with Crippen molar-refractivity contribution < 1.29 is 13.2 Å². The number of pyridine rings is 2. The number of aromatic nitrogens is 4. The minimum atomic E-state index is -4.54. The molecule has 0 fully saturated rings. The van der Waals surface area contributed by atoms with Gasteiger partial charge in [0, 0.05) is 12.4 Å². The van der Waals surface area contributed by atoms with E-state index in [1.807, 2.05) is 6.07 Å². The number of hydrogen-bond donors (Lipinski definition) is 1. The summed E-state index contributed by atoms with van der Waals surface area (Å²) >= 11 is 5.85. The zero-order valence-corrected chi connectivity index (χ0v) is 12.6. The molecule has 0 atom stereocenters. The molecule has 1 N–H and O–H groups in total. The Labute approximate surface area is 138 Å². The van der Waals surface area contributed by atoms with Crippen molar-refractivity contribution >= 4 is 23.1 Å². The second-order valence-corrected chi connectivity index (χ2v) is 5.16. The number of hydrogen-bond acceptors (Lipinski definition) is 5. The molecule has 0 aliphatic rings. The van der Waals surface area contributed by atoms with Crippen LogP contribution in [0.3, 0.4) is 0 Å². The number of fused-ring (bicyclic) bond motifs is 1. The molecule has 0 amide bonds. The molecule has 0 bridgehead atoms. The number of rotatable bonds is 3. The van der Waals surface area contributed by atoms with Gasteiger partial charge in [0.05, 0.1) is 22.7 Å². The lowest BCUT2D eigenvalue weighted by molar-refractivity contribution is -0.137. The first-order chi connectivity index (χ1) is 11.4. The summed E-state index contributed by atoms with van der Waals surface area (Å²) < 4.78 is 39.9. The summed E-state index contributed by atoms with van der Waals surface area (Å²) in [6.45, 7) is 0.0184. The van der Waals surface area contributed by atoms with Crippen molar-refractivity contribution in [2.45, 2.75) is 12.7 Å². The van der Waals surface area contributed by atoms with E-state index in [4.69, 9.17) is 16.9 Å². The molecule has 3 aromatic rings. The van der Waals surface area contributed by atoms with Crippen LogP contribution in [-0.4, -0.2) is 19.6 Å². The summed E-state index contributed by atoms with van der Waals surface area (Å²) in [5, 5.41) is 19.3. The smallest absolute Gasteiger partial charge is 0.362 e. The van der Waals surface area contributed by atoms with E-state index in [0.717, 1.165) is 16.7 Å². The number of nitrogens with zero attached hydrogens (tertiary/aromatic N) is 5. The quantitative estimate of drug-likeness (QED) is 0.782. The predicted octanol–water partition coefficient (Wildman–Crippen LogP) is 3.28. The molecule has 3 aromatic heterocycles. The summed E-state index contributed by atoms with van der Waals surface area (Å²) in [6, 6.07) is 5.93. The van der Waals surface area contributed by atoms with Crippen LogP contribution in [-0.2, 0) is 12.7 Å². The van der Waals surface area contributed by atoms with Crippen LogP contribution in [0.25, 0.3) is 5.65 Å². The van der Waals surface area contributed by atoms with Crippen molar-refractivity contribution in [1.82, 2.24) is 19.6 Å². The van der Waals surface area contributed by atoms with E-state index in [-0.39, 0.29) is 23.0 Å². The highest BCUT2D eigenvalue weighted by Crippen LogP contribution is 2.32. The van der Waals surface area contributed by atoms with Gasteiger partial charge in [0.25, 0.3) is 0 Å². The fraction of sp³-hybridized carbons (Fsp3) is 0.143. The lowest BCUT2D eigenvalue weighted by Gasteiger charge is -2.09. The molecular weight excluding hydrogens is 345 g/mol. The molecule has 3 rings (SSSR count). The van der Waals surface area contributed by atoms with Crippen LogP contribution in [0.5, 0.6) is 0 Å². The van der Waals surface area contributed by atoms with Gasteiger partial charge in [-0.2, -0.15) is 18.4 Å². The lowest BCUT2D eigenvalue weighted by atomic mass is 10.2. The molecule has 0 radical (unpaired) electrons. The molecule has 10 heteroatoms. The SMILES string of the molecule is N#Cc1cccnc1NCc1nnc2c(Cl)cc(C(F)(F)F)cn12. The second-order valence-electron chi connectivity index (χ2n) is 4.75. The fourth-order valence-electron chi connectivity index (χ4n) is 2.07. The van der Waals surface area contributed by atoms with E-state index in [2.05, 4.69) is 20.5 Å². The lowest BCUT2D eigenvalue weighted by Crippen LogP contribution is -2.10. The third-order valence-corrected chi connectivity index (χ3v) is 3.48. The van der Waals surface area contributed by atoms with Gasteiger partial charge in [-0.05, 0) is 18.2 Å². The summed E-state index contributed by atoms with van der Waals surface area (Å²) in [4.78, 5) is 4.01. The van der Waals surface area contributed by atoms with Crippen molar-refractivity contribution in [2.75, 3.05) is 5.32 Å². The van der Waals surface area contributed by atoms with Gasteiger partial charge in [0.1, 0.15) is 11.9 Å². The van der Waals surface area contributed by atoms with Crippen molar-refractivity contribution in [2.24, 2.45) is 0 Å². The zero-order chi connectivity index (χ0) is 17.3. The summed E-state index contributed by atoms with van der Waals surface area (Å²) in [5.41, 5.74) is -0.486. The van der Waals surface area contributed by atoms with Gasteiger partial charge in [0.15, 0.2) is 11.5 Å². The molecule has 0 aliphatic carbocycles. The molecule has 0 saturated carbocycles. The van der Waals surface area contributed by atoms with E-state index < -0.39 is 11.7 Å². The van der Waals surface area contributed by atoms with Gasteiger partial charge in [-0.3, -0.25) is 4.40 Å². The summed E-state index contributed by atoms with van der Waals surface area (Å²) in [5.74, 6) is 0.502. The maximum atomic E-state index is 12.9. The van der Waals surface area contributed by atoms with Gasteiger partial charge >= 0.3 is 6.18 Å². The Morgan fingerprint density at radius 2 is 2.12 bits per heavy atom.